The Bertz CT molecular complexity index is 1320. The largest absolute Gasteiger partial charge is 0.321 e. The Hall–Kier alpha value is -3.71. The fraction of sp³-hybridized carbons (Fsp3) is 0.0833. The Morgan fingerprint density at radius 1 is 0.903 bits per heavy atom. The molecule has 0 saturated carbocycles. The molecule has 4 aromatic rings. The van der Waals surface area contributed by atoms with Gasteiger partial charge in [0.15, 0.2) is 0 Å². The number of pyridine rings is 1. The van der Waals surface area contributed by atoms with Crippen LogP contribution in [0.15, 0.2) is 96.0 Å². The molecule has 0 aliphatic rings. The van der Waals surface area contributed by atoms with Crippen molar-refractivity contribution in [2.45, 2.75) is 11.8 Å². The predicted molar refractivity (Wildman–Crippen MR) is 123 cm³/mol. The zero-order chi connectivity index (χ0) is 21.8. The molecule has 0 spiro atoms. The van der Waals surface area contributed by atoms with Crippen LogP contribution in [0.25, 0.3) is 10.9 Å². The maximum absolute atomic E-state index is 13.1. The zero-order valence-corrected chi connectivity index (χ0v) is 17.7. The van der Waals surface area contributed by atoms with Crippen molar-refractivity contribution in [1.29, 1.82) is 0 Å². The SMILES string of the molecule is CCN(c1ccccc1)S(=O)(=O)c1ccc(C(=O)Nc2cccc3ncccc23)cc1. The van der Waals surface area contributed by atoms with Gasteiger partial charge in [-0.15, -0.1) is 0 Å². The van der Waals surface area contributed by atoms with Gasteiger partial charge in [-0.3, -0.25) is 14.1 Å². The van der Waals surface area contributed by atoms with E-state index in [-0.39, 0.29) is 10.8 Å². The van der Waals surface area contributed by atoms with E-state index in [1.165, 1.54) is 28.6 Å². The smallest absolute Gasteiger partial charge is 0.264 e. The minimum atomic E-state index is -3.74. The molecule has 31 heavy (non-hydrogen) atoms. The number of aromatic nitrogens is 1. The molecule has 0 atom stereocenters. The minimum absolute atomic E-state index is 0.129. The molecule has 1 heterocycles. The number of fused-ring (bicyclic) bond motifs is 1. The summed E-state index contributed by atoms with van der Waals surface area (Å²) < 4.78 is 27.5. The first kappa shape index (κ1) is 20.6. The number of sulfonamides is 1. The summed E-state index contributed by atoms with van der Waals surface area (Å²) in [5, 5.41) is 3.71. The number of nitrogens with zero attached hydrogens (tertiary/aromatic N) is 2. The molecule has 1 amide bonds. The average molecular weight is 432 g/mol. The van der Waals surface area contributed by atoms with Gasteiger partial charge in [-0.1, -0.05) is 24.3 Å². The van der Waals surface area contributed by atoms with Gasteiger partial charge in [0.05, 0.1) is 21.8 Å². The van der Waals surface area contributed by atoms with Crippen molar-refractivity contribution in [3.05, 3.63) is 96.7 Å². The van der Waals surface area contributed by atoms with Crippen LogP contribution in [-0.4, -0.2) is 25.9 Å². The van der Waals surface area contributed by atoms with E-state index in [9.17, 15) is 13.2 Å². The molecule has 7 heteroatoms. The number of rotatable bonds is 6. The summed E-state index contributed by atoms with van der Waals surface area (Å²) in [6, 6.07) is 24.1. The Morgan fingerprint density at radius 2 is 1.65 bits per heavy atom. The lowest BCUT2D eigenvalue weighted by atomic mass is 10.1. The Labute approximate surface area is 181 Å². The molecule has 0 radical (unpaired) electrons. The molecule has 0 saturated heterocycles. The number of benzene rings is 3. The van der Waals surface area contributed by atoms with E-state index < -0.39 is 10.0 Å². The fourth-order valence-corrected chi connectivity index (χ4v) is 4.87. The van der Waals surface area contributed by atoms with Crippen LogP contribution in [0.1, 0.15) is 17.3 Å². The van der Waals surface area contributed by atoms with Crippen LogP contribution in [0.2, 0.25) is 0 Å². The summed E-state index contributed by atoms with van der Waals surface area (Å²) in [7, 11) is -3.74. The van der Waals surface area contributed by atoms with Crippen LogP contribution in [0.5, 0.6) is 0 Å². The maximum Gasteiger partial charge on any atom is 0.264 e. The second-order valence-electron chi connectivity index (χ2n) is 6.86. The van der Waals surface area contributed by atoms with Gasteiger partial charge in [-0.25, -0.2) is 8.42 Å². The molecule has 3 aromatic carbocycles. The van der Waals surface area contributed by atoms with E-state index in [2.05, 4.69) is 10.3 Å². The van der Waals surface area contributed by atoms with E-state index >= 15 is 0 Å². The molecule has 1 N–H and O–H groups in total. The second-order valence-corrected chi connectivity index (χ2v) is 8.72. The van der Waals surface area contributed by atoms with Gasteiger partial charge in [-0.2, -0.15) is 0 Å². The van der Waals surface area contributed by atoms with E-state index in [1.807, 2.05) is 30.3 Å². The van der Waals surface area contributed by atoms with Gasteiger partial charge in [0.2, 0.25) is 0 Å². The number of amides is 1. The van der Waals surface area contributed by atoms with Gasteiger partial charge in [-0.05, 0) is 67.6 Å². The van der Waals surface area contributed by atoms with Crippen LogP contribution in [0, 0.1) is 0 Å². The van der Waals surface area contributed by atoms with Crippen molar-refractivity contribution in [3.8, 4) is 0 Å². The third-order valence-electron chi connectivity index (χ3n) is 4.93. The van der Waals surface area contributed by atoms with Crippen molar-refractivity contribution in [3.63, 3.8) is 0 Å². The molecule has 0 unspecified atom stereocenters. The van der Waals surface area contributed by atoms with Crippen LogP contribution in [-0.2, 0) is 10.0 Å². The van der Waals surface area contributed by atoms with Crippen molar-refractivity contribution >= 4 is 38.2 Å². The molecular formula is C24H21N3O3S. The predicted octanol–water partition coefficient (Wildman–Crippen LogP) is 4.70. The molecule has 0 aliphatic heterocycles. The number of carbonyl (C=O) groups is 1. The normalized spacial score (nSPS) is 11.3. The number of nitrogens with one attached hydrogen (secondary N) is 1. The summed E-state index contributed by atoms with van der Waals surface area (Å²) in [4.78, 5) is 17.2. The molecule has 1 aromatic heterocycles. The van der Waals surface area contributed by atoms with Gasteiger partial charge >= 0.3 is 0 Å². The maximum atomic E-state index is 13.1. The Balaban J connectivity index is 1.58. The molecule has 0 bridgehead atoms. The number of hydrogen-bond acceptors (Lipinski definition) is 4. The van der Waals surface area contributed by atoms with Crippen LogP contribution in [0.3, 0.4) is 0 Å². The lowest BCUT2D eigenvalue weighted by Crippen LogP contribution is -2.30. The van der Waals surface area contributed by atoms with E-state index in [4.69, 9.17) is 0 Å². The van der Waals surface area contributed by atoms with E-state index in [0.717, 1.165) is 10.9 Å². The summed E-state index contributed by atoms with van der Waals surface area (Å²) in [6.45, 7) is 2.08. The van der Waals surface area contributed by atoms with Crippen molar-refractivity contribution < 1.29 is 13.2 Å². The topological polar surface area (TPSA) is 79.4 Å². The van der Waals surface area contributed by atoms with Gasteiger partial charge in [0.1, 0.15) is 0 Å². The molecule has 4 rings (SSSR count). The highest BCUT2D eigenvalue weighted by atomic mass is 32.2. The first-order valence-electron chi connectivity index (χ1n) is 9.83. The standard InChI is InChI=1S/C24H21N3O3S/c1-2-27(19-8-4-3-5-9-19)31(29,30)20-15-13-18(14-16-20)24(28)26-23-12-6-11-22-21(23)10-7-17-25-22/h3-17H,2H2,1H3,(H,26,28). The summed E-state index contributed by atoms with van der Waals surface area (Å²) >= 11 is 0. The monoisotopic (exact) mass is 431 g/mol. The summed E-state index contributed by atoms with van der Waals surface area (Å²) in [6.07, 6.45) is 1.70. The molecule has 6 nitrogen and oxygen atoms in total. The number of para-hydroxylation sites is 1. The van der Waals surface area contributed by atoms with Crippen LogP contribution >= 0.6 is 0 Å². The number of carbonyl (C=O) groups excluding carboxylic acids is 1. The highest BCUT2D eigenvalue weighted by Crippen LogP contribution is 2.25. The van der Waals surface area contributed by atoms with Crippen molar-refractivity contribution in [2.24, 2.45) is 0 Å². The lowest BCUT2D eigenvalue weighted by molar-refractivity contribution is 0.102. The minimum Gasteiger partial charge on any atom is -0.321 e. The first-order chi connectivity index (χ1) is 15.0. The van der Waals surface area contributed by atoms with Gasteiger partial charge in [0, 0.05) is 23.7 Å². The van der Waals surface area contributed by atoms with E-state index in [0.29, 0.717) is 23.5 Å². The quantitative estimate of drug-likeness (QED) is 0.480. The highest BCUT2D eigenvalue weighted by molar-refractivity contribution is 7.92. The third-order valence-corrected chi connectivity index (χ3v) is 6.85. The second kappa shape index (κ2) is 8.57. The van der Waals surface area contributed by atoms with Crippen molar-refractivity contribution in [1.82, 2.24) is 4.98 Å². The van der Waals surface area contributed by atoms with Crippen molar-refractivity contribution in [2.75, 3.05) is 16.2 Å². The third kappa shape index (κ3) is 4.13. The summed E-state index contributed by atoms with van der Waals surface area (Å²) in [5.41, 5.74) is 2.38. The number of anilines is 2. The highest BCUT2D eigenvalue weighted by Gasteiger charge is 2.23. The zero-order valence-electron chi connectivity index (χ0n) is 16.9. The van der Waals surface area contributed by atoms with Gasteiger partial charge in [0.25, 0.3) is 15.9 Å². The molecular weight excluding hydrogens is 410 g/mol. The Kier molecular flexibility index (Phi) is 5.68. The van der Waals surface area contributed by atoms with Crippen LogP contribution in [0.4, 0.5) is 11.4 Å². The molecule has 0 fully saturated rings. The Morgan fingerprint density at radius 3 is 2.35 bits per heavy atom. The van der Waals surface area contributed by atoms with Crippen LogP contribution < -0.4 is 9.62 Å². The first-order valence-corrected chi connectivity index (χ1v) is 11.3. The lowest BCUT2D eigenvalue weighted by Gasteiger charge is -2.23. The molecule has 156 valence electrons. The number of hydrogen-bond donors (Lipinski definition) is 1. The summed E-state index contributed by atoms with van der Waals surface area (Å²) in [5.74, 6) is -0.323. The average Bonchev–Trinajstić information content (AvgIpc) is 2.80. The molecule has 0 aliphatic carbocycles. The fourth-order valence-electron chi connectivity index (χ4n) is 3.40. The van der Waals surface area contributed by atoms with E-state index in [1.54, 1.807) is 43.5 Å². The van der Waals surface area contributed by atoms with Gasteiger partial charge < -0.3 is 5.32 Å².